The molecule has 0 spiro atoms. The van der Waals surface area contributed by atoms with Crippen LogP contribution in [0.1, 0.15) is 29.7 Å². The molecule has 1 saturated carbocycles. The molecule has 2 N–H and O–H groups in total. The van der Waals surface area contributed by atoms with E-state index in [1.54, 1.807) is 7.05 Å². The van der Waals surface area contributed by atoms with Gasteiger partial charge in [0.1, 0.15) is 4.90 Å². The predicted octanol–water partition coefficient (Wildman–Crippen LogP) is 1.94. The van der Waals surface area contributed by atoms with Crippen LogP contribution in [0.25, 0.3) is 0 Å². The second kappa shape index (κ2) is 5.28. The van der Waals surface area contributed by atoms with Gasteiger partial charge in [-0.2, -0.15) is 0 Å². The van der Waals surface area contributed by atoms with Crippen molar-refractivity contribution in [1.29, 1.82) is 0 Å². The van der Waals surface area contributed by atoms with Gasteiger partial charge < -0.3 is 5.73 Å². The summed E-state index contributed by atoms with van der Waals surface area (Å²) in [5, 5.41) is 1.87. The molecular formula is C12H20N2O2S2. The van der Waals surface area contributed by atoms with Crippen molar-refractivity contribution in [3.05, 3.63) is 15.8 Å². The standard InChI is InChI=1S/C12H20N2O2S2/c1-9-8-17-11(6-13)12(9)18(15,16)14(2)7-10-4-3-5-10/h8,10H,3-7,13H2,1-2H3. The molecule has 0 unspecified atom stereocenters. The summed E-state index contributed by atoms with van der Waals surface area (Å²) in [6.07, 6.45) is 3.52. The first-order chi connectivity index (χ1) is 8.46. The Bertz CT molecular complexity index is 518. The first kappa shape index (κ1) is 14.0. The Balaban J connectivity index is 2.25. The van der Waals surface area contributed by atoms with Crippen molar-refractivity contribution in [2.45, 2.75) is 37.6 Å². The van der Waals surface area contributed by atoms with Gasteiger partial charge in [0.2, 0.25) is 10.0 Å². The molecule has 18 heavy (non-hydrogen) atoms. The van der Waals surface area contributed by atoms with Gasteiger partial charge in [-0.1, -0.05) is 6.42 Å². The van der Waals surface area contributed by atoms with E-state index in [1.807, 2.05) is 12.3 Å². The molecule has 0 atom stereocenters. The Hall–Kier alpha value is -0.430. The lowest BCUT2D eigenvalue weighted by atomic mass is 9.86. The maximum Gasteiger partial charge on any atom is 0.244 e. The van der Waals surface area contributed by atoms with E-state index in [1.165, 1.54) is 22.1 Å². The summed E-state index contributed by atoms with van der Waals surface area (Å²) >= 11 is 1.43. The van der Waals surface area contributed by atoms with Crippen LogP contribution in [0.4, 0.5) is 0 Å². The quantitative estimate of drug-likeness (QED) is 0.900. The molecule has 1 aliphatic carbocycles. The second-order valence-corrected chi connectivity index (χ2v) is 7.90. The van der Waals surface area contributed by atoms with Gasteiger partial charge in [0.25, 0.3) is 0 Å². The normalized spacial score (nSPS) is 17.1. The topological polar surface area (TPSA) is 63.4 Å². The van der Waals surface area contributed by atoms with E-state index >= 15 is 0 Å². The van der Waals surface area contributed by atoms with E-state index < -0.39 is 10.0 Å². The lowest BCUT2D eigenvalue weighted by Crippen LogP contribution is -2.34. The van der Waals surface area contributed by atoms with Crippen LogP contribution in [0.15, 0.2) is 10.3 Å². The predicted molar refractivity (Wildman–Crippen MR) is 74.1 cm³/mol. The summed E-state index contributed by atoms with van der Waals surface area (Å²) in [6, 6.07) is 0. The largest absolute Gasteiger partial charge is 0.326 e. The van der Waals surface area contributed by atoms with Crippen LogP contribution in [0.5, 0.6) is 0 Å². The maximum absolute atomic E-state index is 12.5. The fourth-order valence-corrected chi connectivity index (χ4v) is 5.16. The monoisotopic (exact) mass is 288 g/mol. The highest BCUT2D eigenvalue weighted by atomic mass is 32.2. The summed E-state index contributed by atoms with van der Waals surface area (Å²) < 4.78 is 26.6. The number of thiophene rings is 1. The molecule has 6 heteroatoms. The van der Waals surface area contributed by atoms with Crippen LogP contribution < -0.4 is 5.73 Å². The lowest BCUT2D eigenvalue weighted by molar-refractivity contribution is 0.263. The molecule has 0 amide bonds. The maximum atomic E-state index is 12.5. The van der Waals surface area contributed by atoms with E-state index in [0.29, 0.717) is 17.4 Å². The van der Waals surface area contributed by atoms with Crippen LogP contribution in [-0.2, 0) is 16.6 Å². The summed E-state index contributed by atoms with van der Waals surface area (Å²) in [6.45, 7) is 2.74. The lowest BCUT2D eigenvalue weighted by Gasteiger charge is -2.29. The molecular weight excluding hydrogens is 268 g/mol. The molecule has 4 nitrogen and oxygen atoms in total. The minimum absolute atomic E-state index is 0.282. The average Bonchev–Trinajstić information content (AvgIpc) is 2.64. The Morgan fingerprint density at radius 2 is 2.17 bits per heavy atom. The van der Waals surface area contributed by atoms with Crippen LogP contribution >= 0.6 is 11.3 Å². The third-order valence-corrected chi connectivity index (χ3v) is 6.89. The number of hydrogen-bond donors (Lipinski definition) is 1. The molecule has 1 fully saturated rings. The Morgan fingerprint density at radius 3 is 2.67 bits per heavy atom. The van der Waals surface area contributed by atoms with E-state index in [4.69, 9.17) is 5.73 Å². The van der Waals surface area contributed by atoms with Crippen molar-refractivity contribution in [2.75, 3.05) is 13.6 Å². The Labute approximate surface area is 113 Å². The zero-order valence-electron chi connectivity index (χ0n) is 10.8. The minimum atomic E-state index is -3.38. The van der Waals surface area contributed by atoms with Gasteiger partial charge in [0, 0.05) is 25.0 Å². The molecule has 0 bridgehead atoms. The summed E-state index contributed by atoms with van der Waals surface area (Å²) in [5.41, 5.74) is 6.43. The molecule has 1 aromatic heterocycles. The minimum Gasteiger partial charge on any atom is -0.326 e. The molecule has 0 radical (unpaired) electrons. The van der Waals surface area contributed by atoms with Gasteiger partial charge in [0.05, 0.1) is 0 Å². The highest BCUT2D eigenvalue weighted by Gasteiger charge is 2.30. The smallest absolute Gasteiger partial charge is 0.244 e. The van der Waals surface area contributed by atoms with Crippen LogP contribution in [0.2, 0.25) is 0 Å². The zero-order chi connectivity index (χ0) is 13.3. The highest BCUT2D eigenvalue weighted by Crippen LogP contribution is 2.32. The number of rotatable bonds is 5. The first-order valence-electron chi connectivity index (χ1n) is 6.20. The summed E-state index contributed by atoms with van der Waals surface area (Å²) in [4.78, 5) is 1.18. The number of hydrogen-bond acceptors (Lipinski definition) is 4. The molecule has 102 valence electrons. The molecule has 0 aromatic carbocycles. The molecule has 0 saturated heterocycles. The third-order valence-electron chi connectivity index (χ3n) is 3.58. The molecule has 0 aliphatic heterocycles. The Kier molecular flexibility index (Phi) is 4.11. The average molecular weight is 288 g/mol. The van der Waals surface area contributed by atoms with Crippen molar-refractivity contribution < 1.29 is 8.42 Å². The van der Waals surface area contributed by atoms with Gasteiger partial charge in [0.15, 0.2) is 0 Å². The van der Waals surface area contributed by atoms with Gasteiger partial charge in [-0.05, 0) is 36.6 Å². The van der Waals surface area contributed by atoms with E-state index in [9.17, 15) is 8.42 Å². The molecule has 1 aromatic rings. The number of sulfonamides is 1. The van der Waals surface area contributed by atoms with Gasteiger partial charge >= 0.3 is 0 Å². The number of aryl methyl sites for hydroxylation is 1. The van der Waals surface area contributed by atoms with Crippen molar-refractivity contribution in [3.63, 3.8) is 0 Å². The third kappa shape index (κ3) is 2.47. The molecule has 2 rings (SSSR count). The van der Waals surface area contributed by atoms with Gasteiger partial charge in [-0.15, -0.1) is 11.3 Å². The summed E-state index contributed by atoms with van der Waals surface area (Å²) in [5.74, 6) is 0.532. The molecule has 1 aliphatic rings. The zero-order valence-corrected chi connectivity index (χ0v) is 12.5. The van der Waals surface area contributed by atoms with Crippen LogP contribution in [-0.4, -0.2) is 26.3 Å². The summed E-state index contributed by atoms with van der Waals surface area (Å²) in [7, 11) is -1.70. The molecule has 1 heterocycles. The van der Waals surface area contributed by atoms with Gasteiger partial charge in [-0.25, -0.2) is 12.7 Å². The van der Waals surface area contributed by atoms with E-state index in [-0.39, 0.29) is 6.54 Å². The van der Waals surface area contributed by atoms with Crippen LogP contribution in [0.3, 0.4) is 0 Å². The fourth-order valence-electron chi connectivity index (χ4n) is 2.27. The van der Waals surface area contributed by atoms with Crippen molar-refractivity contribution in [1.82, 2.24) is 4.31 Å². The van der Waals surface area contributed by atoms with E-state index in [0.717, 1.165) is 23.3 Å². The first-order valence-corrected chi connectivity index (χ1v) is 8.52. The fraction of sp³-hybridized carbons (Fsp3) is 0.667. The highest BCUT2D eigenvalue weighted by molar-refractivity contribution is 7.89. The van der Waals surface area contributed by atoms with E-state index in [2.05, 4.69) is 0 Å². The van der Waals surface area contributed by atoms with Gasteiger partial charge in [-0.3, -0.25) is 0 Å². The van der Waals surface area contributed by atoms with Crippen LogP contribution in [0, 0.1) is 12.8 Å². The second-order valence-electron chi connectivity index (χ2n) is 4.96. The Morgan fingerprint density at radius 1 is 1.50 bits per heavy atom. The van der Waals surface area contributed by atoms with Crippen molar-refractivity contribution in [2.24, 2.45) is 11.7 Å². The number of nitrogens with zero attached hydrogens (tertiary/aromatic N) is 1. The number of nitrogens with two attached hydrogens (primary N) is 1. The van der Waals surface area contributed by atoms with Crippen molar-refractivity contribution >= 4 is 21.4 Å². The van der Waals surface area contributed by atoms with Crippen molar-refractivity contribution in [3.8, 4) is 0 Å². The SMILES string of the molecule is Cc1csc(CN)c1S(=O)(=O)N(C)CC1CCC1.